The third-order valence-electron chi connectivity index (χ3n) is 2.03. The summed E-state index contributed by atoms with van der Waals surface area (Å²) in [5.74, 6) is -0.488. The van der Waals surface area contributed by atoms with Gasteiger partial charge in [-0.05, 0) is 19.1 Å². The quantitative estimate of drug-likeness (QED) is 0.534. The van der Waals surface area contributed by atoms with Crippen LogP contribution in [-0.2, 0) is 0 Å². The predicted octanol–water partition coefficient (Wildman–Crippen LogP) is 0.643. The van der Waals surface area contributed by atoms with Crippen molar-refractivity contribution in [2.75, 3.05) is 0 Å². The normalized spacial score (nSPS) is 10.6. The number of aromatic hydroxyl groups is 2. The molecule has 5 nitrogen and oxygen atoms in total. The van der Waals surface area contributed by atoms with Gasteiger partial charge in [-0.1, -0.05) is 0 Å². The first-order chi connectivity index (χ1) is 6.59. The number of hydrogen-bond donors (Lipinski definition) is 3. The molecule has 0 aliphatic carbocycles. The van der Waals surface area contributed by atoms with Gasteiger partial charge in [0.25, 0.3) is 0 Å². The van der Waals surface area contributed by atoms with Crippen LogP contribution in [0.1, 0.15) is 5.69 Å². The topological polar surface area (TPSA) is 86.2 Å². The Hall–Kier alpha value is -2.04. The summed E-state index contributed by atoms with van der Waals surface area (Å²) in [7, 11) is 0. The summed E-state index contributed by atoms with van der Waals surface area (Å²) in [5, 5.41) is 19.1. The zero-order valence-corrected chi connectivity index (χ0v) is 7.40. The van der Waals surface area contributed by atoms with Crippen molar-refractivity contribution in [3.63, 3.8) is 0 Å². The fourth-order valence-electron chi connectivity index (χ4n) is 1.39. The predicted molar refractivity (Wildman–Crippen MR) is 50.4 cm³/mol. The number of nitrogens with one attached hydrogen (secondary N) is 1. The summed E-state index contributed by atoms with van der Waals surface area (Å²) in [6.45, 7) is 1.63. The lowest BCUT2D eigenvalue weighted by molar-refractivity contribution is 0.408. The molecule has 3 N–H and O–H groups in total. The van der Waals surface area contributed by atoms with Gasteiger partial charge < -0.3 is 15.2 Å². The van der Waals surface area contributed by atoms with Gasteiger partial charge >= 0.3 is 5.69 Å². The van der Waals surface area contributed by atoms with Crippen LogP contribution in [0.4, 0.5) is 0 Å². The number of nitrogens with zero attached hydrogens (tertiary/aromatic N) is 1. The molecule has 0 amide bonds. The maximum absolute atomic E-state index is 11.0. The van der Waals surface area contributed by atoms with Crippen molar-refractivity contribution in [1.29, 1.82) is 0 Å². The third-order valence-corrected chi connectivity index (χ3v) is 2.03. The van der Waals surface area contributed by atoms with E-state index in [4.69, 9.17) is 0 Å². The molecule has 0 atom stereocenters. The summed E-state index contributed by atoms with van der Waals surface area (Å²) < 4.78 is 0. The minimum Gasteiger partial charge on any atom is -0.504 e. The van der Waals surface area contributed by atoms with Gasteiger partial charge in [0.2, 0.25) is 0 Å². The summed E-state index contributed by atoms with van der Waals surface area (Å²) in [4.78, 5) is 17.1. The van der Waals surface area contributed by atoms with E-state index in [1.54, 1.807) is 6.92 Å². The van der Waals surface area contributed by atoms with Crippen LogP contribution in [0, 0.1) is 6.92 Å². The van der Waals surface area contributed by atoms with Crippen LogP contribution in [0.15, 0.2) is 16.9 Å². The van der Waals surface area contributed by atoms with Gasteiger partial charge in [-0.3, -0.25) is 0 Å². The van der Waals surface area contributed by atoms with Crippen LogP contribution in [0.5, 0.6) is 11.5 Å². The molecule has 0 fully saturated rings. The Morgan fingerprint density at radius 3 is 2.79 bits per heavy atom. The Morgan fingerprint density at radius 2 is 2.07 bits per heavy atom. The van der Waals surface area contributed by atoms with E-state index >= 15 is 0 Å². The van der Waals surface area contributed by atoms with Gasteiger partial charge in [-0.25, -0.2) is 4.79 Å². The molecule has 0 saturated carbocycles. The van der Waals surface area contributed by atoms with Crippen molar-refractivity contribution in [3.8, 4) is 11.5 Å². The highest BCUT2D eigenvalue weighted by molar-refractivity contribution is 5.88. The molecular weight excluding hydrogens is 184 g/mol. The maximum Gasteiger partial charge on any atom is 0.345 e. The molecule has 1 aromatic heterocycles. The van der Waals surface area contributed by atoms with Crippen LogP contribution in [0.3, 0.4) is 0 Å². The lowest BCUT2D eigenvalue weighted by Crippen LogP contribution is -2.11. The van der Waals surface area contributed by atoms with Crippen LogP contribution in [-0.4, -0.2) is 20.2 Å². The molecule has 2 rings (SSSR count). The standard InChI is InChI=1S/C9H8N2O3/c1-4-7-5(11-9(14)10-4)2-3-6(12)8(7)13/h2-3,12-13H,1H3,(H,10,11,14). The molecule has 1 aromatic carbocycles. The number of aromatic nitrogens is 2. The van der Waals surface area contributed by atoms with Gasteiger partial charge in [0.05, 0.1) is 10.9 Å². The highest BCUT2D eigenvalue weighted by Gasteiger charge is 2.09. The second kappa shape index (κ2) is 2.73. The van der Waals surface area contributed by atoms with Crippen LogP contribution in [0.2, 0.25) is 0 Å². The maximum atomic E-state index is 11.0. The van der Waals surface area contributed by atoms with Gasteiger partial charge in [0.15, 0.2) is 11.5 Å². The number of rotatable bonds is 0. The number of benzene rings is 1. The first-order valence-electron chi connectivity index (χ1n) is 4.01. The van der Waals surface area contributed by atoms with Crippen LogP contribution in [0.25, 0.3) is 10.9 Å². The molecule has 1 heterocycles. The Balaban J connectivity index is 3.03. The number of phenolic OH excluding ortho intramolecular Hbond substituents is 2. The number of aromatic amines is 1. The zero-order chi connectivity index (χ0) is 10.3. The summed E-state index contributed by atoms with van der Waals surface area (Å²) in [5.41, 5.74) is 0.370. The van der Waals surface area contributed by atoms with Crippen LogP contribution < -0.4 is 5.69 Å². The van der Waals surface area contributed by atoms with E-state index < -0.39 is 5.69 Å². The number of aryl methyl sites for hydroxylation is 1. The molecule has 0 spiro atoms. The average Bonchev–Trinajstić information content (AvgIpc) is 2.10. The highest BCUT2D eigenvalue weighted by atomic mass is 16.3. The molecule has 0 aliphatic rings. The summed E-state index contributed by atoms with van der Waals surface area (Å²) in [6, 6.07) is 2.77. The van der Waals surface area contributed by atoms with Crippen molar-refractivity contribution < 1.29 is 10.2 Å². The molecule has 14 heavy (non-hydrogen) atoms. The van der Waals surface area contributed by atoms with E-state index in [-0.39, 0.29) is 11.5 Å². The molecule has 0 radical (unpaired) electrons. The number of hydrogen-bond acceptors (Lipinski definition) is 4. The van der Waals surface area contributed by atoms with E-state index in [1.807, 2.05) is 0 Å². The van der Waals surface area contributed by atoms with E-state index in [0.717, 1.165) is 0 Å². The molecule has 2 aromatic rings. The zero-order valence-electron chi connectivity index (χ0n) is 7.40. The van der Waals surface area contributed by atoms with Crippen molar-refractivity contribution in [1.82, 2.24) is 9.97 Å². The molecule has 0 aliphatic heterocycles. The Kier molecular flexibility index (Phi) is 1.67. The average molecular weight is 192 g/mol. The minimum absolute atomic E-state index is 0.227. The van der Waals surface area contributed by atoms with E-state index in [1.165, 1.54) is 12.1 Å². The van der Waals surface area contributed by atoms with E-state index in [0.29, 0.717) is 16.6 Å². The van der Waals surface area contributed by atoms with Crippen LogP contribution >= 0.6 is 0 Å². The molecule has 5 heteroatoms. The van der Waals surface area contributed by atoms with Gasteiger partial charge in [-0.2, -0.15) is 4.98 Å². The first kappa shape index (κ1) is 8.55. The second-order valence-electron chi connectivity index (χ2n) is 2.99. The molecule has 72 valence electrons. The van der Waals surface area contributed by atoms with Gasteiger partial charge in [0.1, 0.15) is 0 Å². The van der Waals surface area contributed by atoms with Crippen molar-refractivity contribution in [3.05, 3.63) is 28.3 Å². The summed E-state index contributed by atoms with van der Waals surface area (Å²) >= 11 is 0. The lowest BCUT2D eigenvalue weighted by Gasteiger charge is -2.04. The highest BCUT2D eigenvalue weighted by Crippen LogP contribution is 2.32. The molecular formula is C9H8N2O3. The summed E-state index contributed by atoms with van der Waals surface area (Å²) in [6.07, 6.45) is 0. The monoisotopic (exact) mass is 192 g/mol. The van der Waals surface area contributed by atoms with Crippen molar-refractivity contribution in [2.24, 2.45) is 0 Å². The van der Waals surface area contributed by atoms with Crippen molar-refractivity contribution in [2.45, 2.75) is 6.92 Å². The van der Waals surface area contributed by atoms with E-state index in [2.05, 4.69) is 9.97 Å². The fraction of sp³-hybridized carbons (Fsp3) is 0.111. The fourth-order valence-corrected chi connectivity index (χ4v) is 1.39. The Labute approximate surface area is 78.7 Å². The van der Waals surface area contributed by atoms with E-state index in [9.17, 15) is 15.0 Å². The lowest BCUT2D eigenvalue weighted by atomic mass is 10.1. The number of fused-ring (bicyclic) bond motifs is 1. The Bertz CT molecular complexity index is 560. The third kappa shape index (κ3) is 1.10. The smallest absolute Gasteiger partial charge is 0.345 e. The minimum atomic E-state index is -0.472. The Morgan fingerprint density at radius 1 is 1.36 bits per heavy atom. The number of H-pyrrole nitrogens is 1. The van der Waals surface area contributed by atoms with Gasteiger partial charge in [-0.15, -0.1) is 0 Å². The number of phenols is 2. The molecule has 0 unspecified atom stereocenters. The molecule has 0 bridgehead atoms. The van der Waals surface area contributed by atoms with Gasteiger partial charge in [0, 0.05) is 5.69 Å². The molecule has 0 saturated heterocycles. The van der Waals surface area contributed by atoms with Crippen molar-refractivity contribution >= 4 is 10.9 Å². The SMILES string of the molecule is Cc1[nH]c(=O)nc2ccc(O)c(O)c12. The second-order valence-corrected chi connectivity index (χ2v) is 2.99. The largest absolute Gasteiger partial charge is 0.504 e. The first-order valence-corrected chi connectivity index (χ1v) is 4.01.